The first-order valence-corrected chi connectivity index (χ1v) is 4.72. The molecule has 0 atom stereocenters. The van der Waals surface area contributed by atoms with Crippen molar-refractivity contribution in [1.82, 2.24) is 15.0 Å². The third-order valence-electron chi connectivity index (χ3n) is 2.12. The Morgan fingerprint density at radius 1 is 1.53 bits per heavy atom. The lowest BCUT2D eigenvalue weighted by Gasteiger charge is -2.00. The summed E-state index contributed by atoms with van der Waals surface area (Å²) in [6.07, 6.45) is -0.495. The maximum atomic E-state index is 11.5. The highest BCUT2D eigenvalue weighted by Crippen LogP contribution is 2.14. The number of fused-ring (bicyclic) bond motifs is 1. The molecule has 5 heteroatoms. The largest absolute Gasteiger partial charge is 0.448 e. The van der Waals surface area contributed by atoms with Crippen molar-refractivity contribution >= 4 is 17.1 Å². The summed E-state index contributed by atoms with van der Waals surface area (Å²) >= 11 is 0. The first kappa shape index (κ1) is 9.64. The molecule has 5 nitrogen and oxygen atoms in total. The van der Waals surface area contributed by atoms with Crippen LogP contribution in [0.5, 0.6) is 0 Å². The fourth-order valence-corrected chi connectivity index (χ4v) is 1.40. The van der Waals surface area contributed by atoms with Crippen molar-refractivity contribution in [3.05, 3.63) is 23.8 Å². The number of hydrogen-bond acceptors (Lipinski definition) is 4. The summed E-state index contributed by atoms with van der Waals surface area (Å²) in [6.45, 7) is 4.00. The average Bonchev–Trinajstić information content (AvgIpc) is 2.63. The van der Waals surface area contributed by atoms with Gasteiger partial charge in [0.1, 0.15) is 11.0 Å². The number of carbonyl (C=O) groups is 1. The summed E-state index contributed by atoms with van der Waals surface area (Å²) in [6, 6.07) is 5.57. The molecule has 0 bridgehead atoms. The van der Waals surface area contributed by atoms with Crippen LogP contribution in [0.1, 0.15) is 12.5 Å². The van der Waals surface area contributed by atoms with E-state index in [4.69, 9.17) is 4.74 Å². The molecular weight excluding hydrogens is 194 g/mol. The van der Waals surface area contributed by atoms with Crippen LogP contribution in [0.2, 0.25) is 0 Å². The van der Waals surface area contributed by atoms with E-state index in [1.165, 1.54) is 4.68 Å². The molecule has 2 aromatic rings. The SMILES string of the molecule is CCOC(=O)n1nnc2c(C)cccc21. The standard InChI is InChI=1S/C10H11N3O2/c1-3-15-10(14)13-8-6-4-5-7(2)9(8)11-12-13/h4-6H,3H2,1-2H3. The van der Waals surface area contributed by atoms with E-state index in [2.05, 4.69) is 10.3 Å². The lowest BCUT2D eigenvalue weighted by Crippen LogP contribution is -2.14. The molecule has 0 radical (unpaired) electrons. The van der Waals surface area contributed by atoms with Crippen molar-refractivity contribution in [2.75, 3.05) is 6.61 Å². The van der Waals surface area contributed by atoms with Gasteiger partial charge in [-0.15, -0.1) is 9.78 Å². The molecular formula is C10H11N3O2. The molecule has 0 aliphatic rings. The Balaban J connectivity index is 2.54. The van der Waals surface area contributed by atoms with E-state index in [1.807, 2.05) is 19.1 Å². The molecule has 0 amide bonds. The van der Waals surface area contributed by atoms with Crippen LogP contribution in [0.3, 0.4) is 0 Å². The summed E-state index contributed by atoms with van der Waals surface area (Å²) in [7, 11) is 0. The molecule has 0 N–H and O–H groups in total. The van der Waals surface area contributed by atoms with E-state index < -0.39 is 6.09 Å². The molecule has 15 heavy (non-hydrogen) atoms. The Hall–Kier alpha value is -1.91. The average molecular weight is 205 g/mol. The number of aryl methyl sites for hydroxylation is 1. The highest BCUT2D eigenvalue weighted by atomic mass is 16.6. The van der Waals surface area contributed by atoms with Crippen LogP contribution in [-0.2, 0) is 4.74 Å². The van der Waals surface area contributed by atoms with Gasteiger partial charge < -0.3 is 4.74 Å². The predicted molar refractivity (Wildman–Crippen MR) is 54.7 cm³/mol. The molecule has 1 aromatic heterocycles. The van der Waals surface area contributed by atoms with Crippen molar-refractivity contribution in [1.29, 1.82) is 0 Å². The van der Waals surface area contributed by atoms with Gasteiger partial charge in [0.15, 0.2) is 0 Å². The highest BCUT2D eigenvalue weighted by Gasteiger charge is 2.12. The van der Waals surface area contributed by atoms with E-state index in [9.17, 15) is 4.79 Å². The number of nitrogens with zero attached hydrogens (tertiary/aromatic N) is 3. The molecule has 1 aromatic carbocycles. The Morgan fingerprint density at radius 2 is 2.33 bits per heavy atom. The molecule has 78 valence electrons. The third-order valence-corrected chi connectivity index (χ3v) is 2.12. The zero-order chi connectivity index (χ0) is 10.8. The summed E-state index contributed by atoms with van der Waals surface area (Å²) < 4.78 is 6.03. The van der Waals surface area contributed by atoms with Crippen molar-refractivity contribution < 1.29 is 9.53 Å². The third kappa shape index (κ3) is 1.56. The van der Waals surface area contributed by atoms with E-state index >= 15 is 0 Å². The minimum Gasteiger partial charge on any atom is -0.448 e. The predicted octanol–water partition coefficient (Wildman–Crippen LogP) is 1.74. The van der Waals surface area contributed by atoms with Gasteiger partial charge >= 0.3 is 6.09 Å². The molecule has 2 rings (SSSR count). The van der Waals surface area contributed by atoms with Crippen LogP contribution in [0, 0.1) is 6.92 Å². The van der Waals surface area contributed by atoms with E-state index in [-0.39, 0.29) is 0 Å². The van der Waals surface area contributed by atoms with Crippen molar-refractivity contribution in [3.63, 3.8) is 0 Å². The second kappa shape index (κ2) is 3.68. The number of ether oxygens (including phenoxy) is 1. The zero-order valence-electron chi connectivity index (χ0n) is 8.60. The second-order valence-electron chi connectivity index (χ2n) is 3.14. The molecule has 0 fully saturated rings. The van der Waals surface area contributed by atoms with Crippen LogP contribution < -0.4 is 0 Å². The number of hydrogen-bond donors (Lipinski definition) is 0. The Kier molecular flexibility index (Phi) is 2.37. The lowest BCUT2D eigenvalue weighted by atomic mass is 10.2. The summed E-state index contributed by atoms with van der Waals surface area (Å²) in [5, 5.41) is 7.70. The highest BCUT2D eigenvalue weighted by molar-refractivity contribution is 5.86. The summed E-state index contributed by atoms with van der Waals surface area (Å²) in [4.78, 5) is 11.5. The minimum absolute atomic E-state index is 0.325. The van der Waals surface area contributed by atoms with Crippen molar-refractivity contribution in [2.45, 2.75) is 13.8 Å². The van der Waals surface area contributed by atoms with Gasteiger partial charge in [-0.1, -0.05) is 17.3 Å². The fourth-order valence-electron chi connectivity index (χ4n) is 1.40. The summed E-state index contributed by atoms with van der Waals surface area (Å²) in [5.41, 5.74) is 2.39. The van der Waals surface area contributed by atoms with Gasteiger partial charge in [-0.25, -0.2) is 4.79 Å². The molecule has 0 spiro atoms. The van der Waals surface area contributed by atoms with Gasteiger partial charge in [-0.2, -0.15) is 0 Å². The van der Waals surface area contributed by atoms with E-state index in [1.54, 1.807) is 13.0 Å². The molecule has 1 heterocycles. The topological polar surface area (TPSA) is 57.0 Å². The second-order valence-corrected chi connectivity index (χ2v) is 3.14. The number of benzene rings is 1. The molecule has 0 aliphatic carbocycles. The molecule has 0 aliphatic heterocycles. The van der Waals surface area contributed by atoms with Crippen LogP contribution >= 0.6 is 0 Å². The molecule has 0 saturated carbocycles. The first-order chi connectivity index (χ1) is 7.24. The minimum atomic E-state index is -0.495. The monoisotopic (exact) mass is 205 g/mol. The van der Waals surface area contributed by atoms with E-state index in [0.29, 0.717) is 12.1 Å². The zero-order valence-corrected chi connectivity index (χ0v) is 8.60. The van der Waals surface area contributed by atoms with E-state index in [0.717, 1.165) is 11.1 Å². The van der Waals surface area contributed by atoms with Gasteiger partial charge in [0.05, 0.1) is 6.61 Å². The van der Waals surface area contributed by atoms with Gasteiger partial charge in [0.25, 0.3) is 0 Å². The van der Waals surface area contributed by atoms with Crippen LogP contribution in [0.4, 0.5) is 4.79 Å². The maximum Gasteiger partial charge on any atom is 0.436 e. The molecule has 0 saturated heterocycles. The smallest absolute Gasteiger partial charge is 0.436 e. The Morgan fingerprint density at radius 3 is 3.07 bits per heavy atom. The Bertz CT molecular complexity index is 504. The van der Waals surface area contributed by atoms with Gasteiger partial charge in [0, 0.05) is 0 Å². The van der Waals surface area contributed by atoms with Crippen LogP contribution in [-0.4, -0.2) is 27.7 Å². The number of aromatic nitrogens is 3. The lowest BCUT2D eigenvalue weighted by molar-refractivity contribution is 0.151. The van der Waals surface area contributed by atoms with Crippen molar-refractivity contribution in [2.24, 2.45) is 0 Å². The number of carbonyl (C=O) groups excluding carboxylic acids is 1. The fraction of sp³-hybridized carbons (Fsp3) is 0.300. The maximum absolute atomic E-state index is 11.5. The number of rotatable bonds is 1. The first-order valence-electron chi connectivity index (χ1n) is 4.72. The van der Waals surface area contributed by atoms with Crippen molar-refractivity contribution in [3.8, 4) is 0 Å². The molecule has 0 unspecified atom stereocenters. The van der Waals surface area contributed by atoms with Crippen LogP contribution in [0.25, 0.3) is 11.0 Å². The van der Waals surface area contributed by atoms with Gasteiger partial charge in [-0.05, 0) is 25.5 Å². The Labute approximate surface area is 86.6 Å². The quantitative estimate of drug-likeness (QED) is 0.711. The summed E-state index contributed by atoms with van der Waals surface area (Å²) in [5.74, 6) is 0. The van der Waals surface area contributed by atoms with Crippen LogP contribution in [0.15, 0.2) is 18.2 Å². The van der Waals surface area contributed by atoms with Gasteiger partial charge in [0.2, 0.25) is 0 Å². The normalized spacial score (nSPS) is 10.5. The van der Waals surface area contributed by atoms with Gasteiger partial charge in [-0.3, -0.25) is 0 Å².